The topological polar surface area (TPSA) is 67.1 Å². The van der Waals surface area contributed by atoms with Gasteiger partial charge in [-0.05, 0) is 26.2 Å². The van der Waals surface area contributed by atoms with E-state index in [-0.39, 0.29) is 0 Å². The van der Waals surface area contributed by atoms with Gasteiger partial charge in [-0.15, -0.1) is 10.2 Å². The molecule has 0 amide bonds. The molecule has 2 heterocycles. The Kier molecular flexibility index (Phi) is 4.76. The molecule has 0 aromatic carbocycles. The maximum atomic E-state index is 4.27. The molecule has 106 valence electrons. The number of nitrogens with zero attached hydrogens (tertiary/aromatic N) is 4. The minimum absolute atomic E-state index is 0.415. The first-order chi connectivity index (χ1) is 9.24. The van der Waals surface area contributed by atoms with Gasteiger partial charge < -0.3 is 15.2 Å². The number of fused-ring (bicyclic) bond motifs is 1. The Bertz CT molecular complexity index is 436. The predicted molar refractivity (Wildman–Crippen MR) is 76.0 cm³/mol. The van der Waals surface area contributed by atoms with E-state index in [9.17, 15) is 0 Å². The van der Waals surface area contributed by atoms with Crippen molar-refractivity contribution < 1.29 is 0 Å². The van der Waals surface area contributed by atoms with Crippen molar-refractivity contribution in [3.8, 4) is 0 Å². The lowest BCUT2D eigenvalue weighted by Gasteiger charge is -2.18. The monoisotopic (exact) mass is 264 g/mol. The van der Waals surface area contributed by atoms with Crippen LogP contribution in [0.4, 0.5) is 0 Å². The highest BCUT2D eigenvalue weighted by Gasteiger charge is 2.15. The summed E-state index contributed by atoms with van der Waals surface area (Å²) in [5.74, 6) is 2.94. The van der Waals surface area contributed by atoms with Gasteiger partial charge in [0.05, 0.1) is 6.54 Å². The summed E-state index contributed by atoms with van der Waals surface area (Å²) < 4.78 is 2.23. The molecule has 0 fully saturated rings. The molecule has 1 atom stereocenters. The molecule has 1 aliphatic rings. The number of hydrogen-bond acceptors (Lipinski definition) is 3. The van der Waals surface area contributed by atoms with E-state index in [1.807, 2.05) is 0 Å². The molecule has 19 heavy (non-hydrogen) atoms. The molecular formula is C13H24N6. The maximum Gasteiger partial charge on any atom is 0.191 e. The van der Waals surface area contributed by atoms with E-state index in [0.717, 1.165) is 37.0 Å². The van der Waals surface area contributed by atoms with Crippen molar-refractivity contribution in [1.29, 1.82) is 0 Å². The van der Waals surface area contributed by atoms with Crippen molar-refractivity contribution >= 4 is 5.96 Å². The lowest BCUT2D eigenvalue weighted by atomic mass is 10.2. The van der Waals surface area contributed by atoms with Crippen LogP contribution in [0.2, 0.25) is 0 Å². The van der Waals surface area contributed by atoms with Gasteiger partial charge in [0, 0.05) is 26.1 Å². The first kappa shape index (κ1) is 13.8. The van der Waals surface area contributed by atoms with E-state index in [0.29, 0.717) is 12.6 Å². The van der Waals surface area contributed by atoms with Crippen LogP contribution in [0.25, 0.3) is 0 Å². The SMILES string of the molecule is CCC(C)NC(=NC)NCc1nnc2n1CCCC2. The Morgan fingerprint density at radius 1 is 1.42 bits per heavy atom. The molecule has 2 rings (SSSR count). The average molecular weight is 264 g/mol. The molecule has 6 heteroatoms. The van der Waals surface area contributed by atoms with Crippen LogP contribution in [0.3, 0.4) is 0 Å². The van der Waals surface area contributed by atoms with Gasteiger partial charge in [-0.3, -0.25) is 4.99 Å². The molecule has 0 saturated carbocycles. The number of aryl methyl sites for hydroxylation is 1. The molecule has 1 aromatic rings. The number of nitrogens with one attached hydrogen (secondary N) is 2. The van der Waals surface area contributed by atoms with Crippen LogP contribution >= 0.6 is 0 Å². The molecule has 1 aromatic heterocycles. The fourth-order valence-corrected chi connectivity index (χ4v) is 2.19. The van der Waals surface area contributed by atoms with Crippen LogP contribution in [0.5, 0.6) is 0 Å². The molecule has 2 N–H and O–H groups in total. The fraction of sp³-hybridized carbons (Fsp3) is 0.769. The highest BCUT2D eigenvalue weighted by molar-refractivity contribution is 5.79. The minimum Gasteiger partial charge on any atom is -0.354 e. The van der Waals surface area contributed by atoms with Crippen LogP contribution < -0.4 is 10.6 Å². The first-order valence-corrected chi connectivity index (χ1v) is 7.12. The quantitative estimate of drug-likeness (QED) is 0.631. The van der Waals surface area contributed by atoms with Gasteiger partial charge in [0.1, 0.15) is 5.82 Å². The predicted octanol–water partition coefficient (Wildman–Crippen LogP) is 1.08. The Morgan fingerprint density at radius 2 is 2.26 bits per heavy atom. The van der Waals surface area contributed by atoms with Crippen molar-refractivity contribution in [3.05, 3.63) is 11.6 Å². The van der Waals surface area contributed by atoms with Crippen molar-refractivity contribution in [3.63, 3.8) is 0 Å². The van der Waals surface area contributed by atoms with Crippen molar-refractivity contribution in [1.82, 2.24) is 25.4 Å². The Morgan fingerprint density at radius 3 is 3.00 bits per heavy atom. The normalized spacial score (nSPS) is 16.9. The third-order valence-corrected chi connectivity index (χ3v) is 3.57. The Balaban J connectivity index is 1.92. The second-order valence-corrected chi connectivity index (χ2v) is 5.02. The second kappa shape index (κ2) is 6.54. The van der Waals surface area contributed by atoms with Gasteiger partial charge in [-0.25, -0.2) is 0 Å². The van der Waals surface area contributed by atoms with Crippen molar-refractivity contribution in [2.75, 3.05) is 7.05 Å². The first-order valence-electron chi connectivity index (χ1n) is 7.12. The van der Waals surface area contributed by atoms with Crippen molar-refractivity contribution in [2.45, 2.75) is 58.7 Å². The van der Waals surface area contributed by atoms with Crippen LogP contribution in [-0.4, -0.2) is 33.8 Å². The highest BCUT2D eigenvalue weighted by Crippen LogP contribution is 2.13. The summed E-state index contributed by atoms with van der Waals surface area (Å²) in [6.45, 7) is 6.01. The van der Waals surface area contributed by atoms with Crippen LogP contribution in [0.15, 0.2) is 4.99 Å². The molecule has 0 bridgehead atoms. The molecule has 0 spiro atoms. The van der Waals surface area contributed by atoms with E-state index >= 15 is 0 Å². The summed E-state index contributed by atoms with van der Waals surface area (Å²) in [6, 6.07) is 0.415. The van der Waals surface area contributed by atoms with Gasteiger partial charge in [0.25, 0.3) is 0 Å². The molecule has 0 saturated heterocycles. The lowest BCUT2D eigenvalue weighted by molar-refractivity contribution is 0.504. The molecule has 1 aliphatic heterocycles. The van der Waals surface area contributed by atoms with Gasteiger partial charge in [-0.1, -0.05) is 6.92 Å². The number of rotatable bonds is 4. The number of aromatic nitrogens is 3. The molecule has 0 aliphatic carbocycles. The van der Waals surface area contributed by atoms with Crippen molar-refractivity contribution in [2.24, 2.45) is 4.99 Å². The van der Waals surface area contributed by atoms with Crippen LogP contribution in [0, 0.1) is 0 Å². The third-order valence-electron chi connectivity index (χ3n) is 3.57. The zero-order valence-electron chi connectivity index (χ0n) is 12.1. The minimum atomic E-state index is 0.415. The molecule has 0 radical (unpaired) electrons. The number of guanidine groups is 1. The third kappa shape index (κ3) is 3.45. The number of aliphatic imine (C=N–C) groups is 1. The average Bonchev–Trinajstić information content (AvgIpc) is 2.86. The summed E-state index contributed by atoms with van der Waals surface area (Å²) in [4.78, 5) is 4.22. The van der Waals surface area contributed by atoms with E-state index in [1.54, 1.807) is 7.05 Å². The zero-order valence-corrected chi connectivity index (χ0v) is 12.1. The molecule has 6 nitrogen and oxygen atoms in total. The summed E-state index contributed by atoms with van der Waals surface area (Å²) in [5, 5.41) is 15.2. The van der Waals surface area contributed by atoms with Gasteiger partial charge in [0.15, 0.2) is 11.8 Å². The molecule has 1 unspecified atom stereocenters. The summed E-state index contributed by atoms with van der Waals surface area (Å²) in [5.41, 5.74) is 0. The zero-order chi connectivity index (χ0) is 13.7. The van der Waals surface area contributed by atoms with Gasteiger partial charge in [0.2, 0.25) is 0 Å². The van der Waals surface area contributed by atoms with E-state index in [1.165, 1.54) is 12.8 Å². The summed E-state index contributed by atoms with van der Waals surface area (Å²) in [7, 11) is 1.79. The summed E-state index contributed by atoms with van der Waals surface area (Å²) >= 11 is 0. The van der Waals surface area contributed by atoms with E-state index < -0.39 is 0 Å². The molecular weight excluding hydrogens is 240 g/mol. The van der Waals surface area contributed by atoms with E-state index in [2.05, 4.69) is 44.2 Å². The fourth-order valence-electron chi connectivity index (χ4n) is 2.19. The van der Waals surface area contributed by atoms with Crippen LogP contribution in [-0.2, 0) is 19.5 Å². The standard InChI is InChI=1S/C13H24N6/c1-4-10(2)16-13(14-3)15-9-12-18-17-11-7-5-6-8-19(11)12/h10H,4-9H2,1-3H3,(H2,14,15,16). The van der Waals surface area contributed by atoms with Crippen LogP contribution in [0.1, 0.15) is 44.8 Å². The Labute approximate surface area is 114 Å². The van der Waals surface area contributed by atoms with Gasteiger partial charge in [-0.2, -0.15) is 0 Å². The van der Waals surface area contributed by atoms with E-state index in [4.69, 9.17) is 0 Å². The lowest BCUT2D eigenvalue weighted by Crippen LogP contribution is -2.42. The highest BCUT2D eigenvalue weighted by atomic mass is 15.3. The van der Waals surface area contributed by atoms with Gasteiger partial charge >= 0.3 is 0 Å². The summed E-state index contributed by atoms with van der Waals surface area (Å²) in [6.07, 6.45) is 4.56. The number of hydrogen-bond donors (Lipinski definition) is 2. The smallest absolute Gasteiger partial charge is 0.191 e. The second-order valence-electron chi connectivity index (χ2n) is 5.02. The largest absolute Gasteiger partial charge is 0.354 e. The Hall–Kier alpha value is -1.59. The maximum absolute atomic E-state index is 4.27.